The lowest BCUT2D eigenvalue weighted by atomic mass is 10.1. The van der Waals surface area contributed by atoms with E-state index in [4.69, 9.17) is 5.73 Å². The Bertz CT molecular complexity index is 510. The summed E-state index contributed by atoms with van der Waals surface area (Å²) in [5.41, 5.74) is 6.29. The maximum Gasteiger partial charge on any atom is 0.238 e. The van der Waals surface area contributed by atoms with Gasteiger partial charge in [-0.3, -0.25) is 4.79 Å². The number of carbonyl (C=O) groups is 1. The zero-order valence-corrected chi connectivity index (χ0v) is 12.8. The standard InChI is InChI=1S/C9H9BrINO3S/c1-16(14,15)9(10,11)8(13)6-2-4-7(12)5-3-6/h2-5H,12H2,1H3/t9-/m0/s1. The van der Waals surface area contributed by atoms with E-state index in [2.05, 4.69) is 15.9 Å². The largest absolute Gasteiger partial charge is 0.399 e. The molecule has 0 aliphatic heterocycles. The first-order chi connectivity index (χ1) is 7.16. The smallest absolute Gasteiger partial charge is 0.238 e. The first-order valence-corrected chi connectivity index (χ1v) is 7.90. The number of nitrogen functional groups attached to an aromatic ring is 1. The van der Waals surface area contributed by atoms with Gasteiger partial charge in [-0.25, -0.2) is 8.42 Å². The second kappa shape index (κ2) is 4.61. The quantitative estimate of drug-likeness (QED) is 0.353. The van der Waals surface area contributed by atoms with Crippen LogP contribution in [0.4, 0.5) is 5.69 Å². The van der Waals surface area contributed by atoms with E-state index in [1.54, 1.807) is 34.7 Å². The van der Waals surface area contributed by atoms with Gasteiger partial charge in [-0.15, -0.1) is 0 Å². The molecule has 88 valence electrons. The molecule has 2 N–H and O–H groups in total. The highest BCUT2D eigenvalue weighted by molar-refractivity contribution is 14.1. The van der Waals surface area contributed by atoms with Gasteiger partial charge in [0.2, 0.25) is 7.45 Å². The van der Waals surface area contributed by atoms with Crippen LogP contribution in [-0.2, 0) is 9.84 Å². The number of Topliss-reactive ketones (excluding diaryl/α,β-unsaturated/α-hetero) is 1. The average Bonchev–Trinajstić information content (AvgIpc) is 2.16. The van der Waals surface area contributed by atoms with Crippen LogP contribution in [0.3, 0.4) is 0 Å². The molecule has 1 aromatic rings. The molecule has 16 heavy (non-hydrogen) atoms. The van der Waals surface area contributed by atoms with Crippen LogP contribution in [0.15, 0.2) is 24.3 Å². The number of anilines is 1. The van der Waals surface area contributed by atoms with Crippen molar-refractivity contribution in [2.24, 2.45) is 0 Å². The summed E-state index contributed by atoms with van der Waals surface area (Å²) in [6.07, 6.45) is 1.00. The maximum atomic E-state index is 12.0. The Labute approximate surface area is 116 Å². The van der Waals surface area contributed by atoms with Crippen molar-refractivity contribution in [3.63, 3.8) is 0 Å². The molecular formula is C9H9BrINO3S. The van der Waals surface area contributed by atoms with Crippen molar-refractivity contribution in [1.82, 2.24) is 0 Å². The molecule has 0 saturated carbocycles. The fourth-order valence-corrected chi connectivity index (χ4v) is 1.97. The zero-order chi connectivity index (χ0) is 12.6. The number of sulfone groups is 1. The van der Waals surface area contributed by atoms with Gasteiger partial charge in [0.1, 0.15) is 0 Å². The van der Waals surface area contributed by atoms with Gasteiger partial charge in [0.25, 0.3) is 0 Å². The van der Waals surface area contributed by atoms with Crippen molar-refractivity contribution >= 4 is 59.8 Å². The third kappa shape index (κ3) is 2.75. The van der Waals surface area contributed by atoms with Crippen molar-refractivity contribution in [3.8, 4) is 0 Å². The Morgan fingerprint density at radius 3 is 2.19 bits per heavy atom. The van der Waals surface area contributed by atoms with Gasteiger partial charge >= 0.3 is 0 Å². The molecule has 1 atom stereocenters. The normalized spacial score (nSPS) is 15.4. The van der Waals surface area contributed by atoms with Gasteiger partial charge in [0.15, 0.2) is 9.84 Å². The molecule has 4 nitrogen and oxygen atoms in total. The lowest BCUT2D eigenvalue weighted by Crippen LogP contribution is -2.33. The van der Waals surface area contributed by atoms with Crippen LogP contribution in [0.5, 0.6) is 0 Å². The van der Waals surface area contributed by atoms with Crippen molar-refractivity contribution in [2.45, 2.75) is 1.66 Å². The second-order valence-electron chi connectivity index (χ2n) is 3.24. The molecule has 1 rings (SSSR count). The van der Waals surface area contributed by atoms with Gasteiger partial charge in [0, 0.05) is 17.5 Å². The lowest BCUT2D eigenvalue weighted by molar-refractivity contribution is 0.101. The predicted octanol–water partition coefficient (Wildman–Crippen LogP) is 1.98. The number of alkyl halides is 2. The van der Waals surface area contributed by atoms with Crippen LogP contribution in [-0.4, -0.2) is 22.1 Å². The van der Waals surface area contributed by atoms with E-state index in [0.717, 1.165) is 6.26 Å². The number of benzene rings is 1. The van der Waals surface area contributed by atoms with Crippen LogP contribution in [0.2, 0.25) is 0 Å². The molecule has 0 aliphatic carbocycles. The first kappa shape index (κ1) is 13.9. The van der Waals surface area contributed by atoms with Crippen molar-refractivity contribution < 1.29 is 13.2 Å². The van der Waals surface area contributed by atoms with E-state index < -0.39 is 17.3 Å². The van der Waals surface area contributed by atoms with Crippen molar-refractivity contribution in [3.05, 3.63) is 29.8 Å². The van der Waals surface area contributed by atoms with Crippen LogP contribution >= 0.6 is 38.5 Å². The Morgan fingerprint density at radius 2 is 1.81 bits per heavy atom. The van der Waals surface area contributed by atoms with Gasteiger partial charge in [-0.05, 0) is 62.8 Å². The summed E-state index contributed by atoms with van der Waals surface area (Å²) in [5.74, 6) is -0.518. The van der Waals surface area contributed by atoms with E-state index in [0.29, 0.717) is 11.3 Å². The van der Waals surface area contributed by atoms with Crippen molar-refractivity contribution in [1.29, 1.82) is 0 Å². The third-order valence-electron chi connectivity index (χ3n) is 1.90. The fourth-order valence-electron chi connectivity index (χ4n) is 0.971. The minimum Gasteiger partial charge on any atom is -0.399 e. The highest BCUT2D eigenvalue weighted by Gasteiger charge is 2.43. The average molecular weight is 418 g/mol. The summed E-state index contributed by atoms with van der Waals surface area (Å²) in [4.78, 5) is 12.0. The molecule has 0 heterocycles. The highest BCUT2D eigenvalue weighted by atomic mass is 127. The maximum absolute atomic E-state index is 12.0. The number of rotatable bonds is 3. The number of hydrogen-bond acceptors (Lipinski definition) is 4. The highest BCUT2D eigenvalue weighted by Crippen LogP contribution is 2.36. The molecule has 0 amide bonds. The number of hydrogen-bond donors (Lipinski definition) is 1. The number of nitrogens with two attached hydrogens (primary N) is 1. The van der Waals surface area contributed by atoms with Crippen molar-refractivity contribution in [2.75, 3.05) is 12.0 Å². The van der Waals surface area contributed by atoms with Crippen LogP contribution in [0.1, 0.15) is 10.4 Å². The van der Waals surface area contributed by atoms with E-state index >= 15 is 0 Å². The number of carbonyl (C=O) groups excluding carboxylic acids is 1. The monoisotopic (exact) mass is 417 g/mol. The fraction of sp³-hybridized carbons (Fsp3) is 0.222. The summed E-state index contributed by atoms with van der Waals surface area (Å²) >= 11 is 4.51. The van der Waals surface area contributed by atoms with Crippen LogP contribution in [0.25, 0.3) is 0 Å². The third-order valence-corrected chi connectivity index (χ3v) is 8.03. The SMILES string of the molecule is CS(=O)(=O)[C@@](Br)(I)C(=O)c1ccc(N)cc1. The molecule has 0 radical (unpaired) electrons. The molecule has 7 heteroatoms. The van der Waals surface area contributed by atoms with E-state index in [9.17, 15) is 13.2 Å². The lowest BCUT2D eigenvalue weighted by Gasteiger charge is -2.16. The molecule has 0 spiro atoms. The van der Waals surface area contributed by atoms with E-state index in [-0.39, 0.29) is 0 Å². The summed E-state index contributed by atoms with van der Waals surface area (Å²) in [6.45, 7) is 0. The molecule has 0 bridgehead atoms. The van der Waals surface area contributed by atoms with Gasteiger partial charge in [-0.1, -0.05) is 0 Å². The Balaban J connectivity index is 3.18. The van der Waals surface area contributed by atoms with Crippen LogP contribution < -0.4 is 5.73 Å². The van der Waals surface area contributed by atoms with Gasteiger partial charge in [0.05, 0.1) is 0 Å². The molecular weight excluding hydrogens is 409 g/mol. The Morgan fingerprint density at radius 1 is 1.38 bits per heavy atom. The molecule has 0 aliphatic rings. The summed E-state index contributed by atoms with van der Waals surface area (Å²) in [6, 6.07) is 6.10. The minimum atomic E-state index is -3.54. The van der Waals surface area contributed by atoms with Crippen LogP contribution in [0, 0.1) is 0 Å². The predicted molar refractivity (Wildman–Crippen MR) is 75.7 cm³/mol. The molecule has 0 saturated heterocycles. The summed E-state index contributed by atoms with van der Waals surface area (Å²) in [7, 11) is -3.54. The summed E-state index contributed by atoms with van der Waals surface area (Å²) in [5, 5.41) is 0. The number of halogens is 2. The molecule has 0 unspecified atom stereocenters. The topological polar surface area (TPSA) is 77.2 Å². The first-order valence-electron chi connectivity index (χ1n) is 4.14. The molecule has 0 aromatic heterocycles. The number of ketones is 1. The Kier molecular flexibility index (Phi) is 4.01. The molecule has 1 aromatic carbocycles. The van der Waals surface area contributed by atoms with E-state index in [1.165, 1.54) is 12.1 Å². The van der Waals surface area contributed by atoms with Gasteiger partial charge < -0.3 is 5.73 Å². The molecule has 0 fully saturated rings. The second-order valence-corrected chi connectivity index (χ2v) is 10.9. The summed E-state index contributed by atoms with van der Waals surface area (Å²) < 4.78 is 21.2. The minimum absolute atomic E-state index is 0.297. The van der Waals surface area contributed by atoms with E-state index in [1.807, 2.05) is 0 Å². The Hall–Kier alpha value is -0.150. The zero-order valence-electron chi connectivity index (χ0n) is 8.28. The van der Waals surface area contributed by atoms with Gasteiger partial charge in [-0.2, -0.15) is 0 Å².